The molecule has 0 aliphatic heterocycles. The van der Waals surface area contributed by atoms with E-state index in [2.05, 4.69) is 58.0 Å². The summed E-state index contributed by atoms with van der Waals surface area (Å²) in [7, 11) is 4.05. The van der Waals surface area contributed by atoms with Crippen molar-refractivity contribution in [1.29, 1.82) is 0 Å². The van der Waals surface area contributed by atoms with Gasteiger partial charge in [-0.3, -0.25) is 4.79 Å². The van der Waals surface area contributed by atoms with Gasteiger partial charge in [0.2, 0.25) is 0 Å². The molecule has 29 heavy (non-hydrogen) atoms. The van der Waals surface area contributed by atoms with Gasteiger partial charge in [0.05, 0.1) is 0 Å². The number of benzene rings is 2. The zero-order chi connectivity index (χ0) is 21.6. The van der Waals surface area contributed by atoms with Gasteiger partial charge in [0.15, 0.2) is 5.91 Å². The molecule has 0 fully saturated rings. The molecule has 0 atom stereocenters. The Hall–Kier alpha value is -1.44. The summed E-state index contributed by atoms with van der Waals surface area (Å²) >= 11 is 10.7. The standard InChI is InChI=1S/C21H27N3OS2.O.Tc/c1-24(2)19-8-5-16(6-9-19)3-4-17-7-10-20(23-21(25)15-27)18(13-17)14-22-11-12-26;;/h3-10,13,22,26-27H,11-12,14-15H2,1-2H3,(H,23,25);;/q;;+2/p-2/b4-3+;;. The zero-order valence-electron chi connectivity index (χ0n) is 16.5. The van der Waals surface area contributed by atoms with Crippen molar-refractivity contribution >= 4 is 54.7 Å². The number of anilines is 2. The number of hydrogen-bond donors (Lipinski definition) is 2. The van der Waals surface area contributed by atoms with E-state index in [1.165, 1.54) is 5.69 Å². The predicted molar refractivity (Wildman–Crippen MR) is 122 cm³/mol. The number of carbonyl (C=O) groups excluding carboxylic acids is 1. The van der Waals surface area contributed by atoms with Crippen LogP contribution < -0.4 is 15.5 Å². The average Bonchev–Trinajstić information content (AvgIpc) is 2.75. The van der Waals surface area contributed by atoms with Crippen LogP contribution in [0.5, 0.6) is 0 Å². The molecular formula is C21H25N3O2S2Tc. The zero-order valence-corrected chi connectivity index (χ0v) is 20.0. The fourth-order valence-electron chi connectivity index (χ4n) is 2.54. The van der Waals surface area contributed by atoms with Gasteiger partial charge in [-0.25, -0.2) is 0 Å². The molecule has 0 aromatic heterocycles. The topological polar surface area (TPSA) is 61.4 Å². The Labute approximate surface area is 194 Å². The minimum atomic E-state index is -0.168. The first-order chi connectivity index (χ1) is 14.0. The van der Waals surface area contributed by atoms with Crippen LogP contribution in [0.1, 0.15) is 16.7 Å². The first-order valence-corrected chi connectivity index (χ1v) is 10.9. The second-order valence-corrected chi connectivity index (χ2v) is 7.01. The molecule has 0 saturated carbocycles. The molecule has 0 aliphatic carbocycles. The van der Waals surface area contributed by atoms with Crippen LogP contribution in [0.3, 0.4) is 0 Å². The fourth-order valence-corrected chi connectivity index (χ4v) is 2.76. The molecular weight excluding hydrogens is 488 g/mol. The Balaban J connectivity index is 0.00000204. The Morgan fingerprint density at radius 1 is 1.03 bits per heavy atom. The molecule has 155 valence electrons. The third-order valence-electron chi connectivity index (χ3n) is 4.01. The van der Waals surface area contributed by atoms with Crippen molar-refractivity contribution in [2.24, 2.45) is 0 Å². The van der Waals surface area contributed by atoms with Crippen molar-refractivity contribution < 1.29 is 27.2 Å². The number of nitrogens with one attached hydrogen (secondary N) is 2. The van der Waals surface area contributed by atoms with E-state index in [-0.39, 0.29) is 11.7 Å². The van der Waals surface area contributed by atoms with Gasteiger partial charge < -0.3 is 40.8 Å². The summed E-state index contributed by atoms with van der Waals surface area (Å²) in [5.74, 6) is 0.527. The van der Waals surface area contributed by atoms with Gasteiger partial charge in [-0.05, 0) is 47.5 Å². The first-order valence-electron chi connectivity index (χ1n) is 8.94. The molecule has 0 spiro atoms. The number of rotatable bonds is 9. The summed E-state index contributed by atoms with van der Waals surface area (Å²) in [5, 5.41) is 6.16. The average molecular weight is 514 g/mol. The van der Waals surface area contributed by atoms with Crippen LogP contribution in [0.15, 0.2) is 42.5 Å². The number of amides is 1. The van der Waals surface area contributed by atoms with Crippen LogP contribution >= 0.6 is 0 Å². The van der Waals surface area contributed by atoms with Crippen molar-refractivity contribution in [3.8, 4) is 0 Å². The fraction of sp³-hybridized carbons (Fsp3) is 0.286. The van der Waals surface area contributed by atoms with Gasteiger partial charge in [-0.1, -0.05) is 36.1 Å². The Bertz CT molecular complexity index is 799. The van der Waals surface area contributed by atoms with Crippen LogP contribution in [-0.2, 0) is 59.0 Å². The van der Waals surface area contributed by atoms with E-state index in [0.717, 1.165) is 47.8 Å². The van der Waals surface area contributed by atoms with Gasteiger partial charge in [0.25, 0.3) is 0 Å². The molecule has 2 aromatic rings. The van der Waals surface area contributed by atoms with Crippen LogP contribution in [0.2, 0.25) is 0 Å². The molecule has 0 unspecified atom stereocenters. The van der Waals surface area contributed by atoms with Gasteiger partial charge in [0, 0.05) is 32.0 Å². The van der Waals surface area contributed by atoms with E-state index in [1.54, 1.807) is 0 Å². The van der Waals surface area contributed by atoms with Crippen LogP contribution in [-0.4, -0.2) is 38.1 Å². The van der Waals surface area contributed by atoms with Crippen LogP contribution in [0.25, 0.3) is 12.2 Å². The van der Waals surface area contributed by atoms with E-state index in [1.807, 2.05) is 26.2 Å². The second-order valence-electron chi connectivity index (χ2n) is 6.31. The normalized spacial score (nSPS) is 10.3. The molecule has 5 nitrogen and oxygen atoms in total. The third kappa shape index (κ3) is 9.27. The molecule has 0 saturated heterocycles. The summed E-state index contributed by atoms with van der Waals surface area (Å²) < 4.78 is 8.22. The van der Waals surface area contributed by atoms with Crippen molar-refractivity contribution in [3.63, 3.8) is 0 Å². The molecule has 0 heterocycles. The third-order valence-corrected chi connectivity index (χ3v) is 4.47. The molecule has 0 radical (unpaired) electrons. The monoisotopic (exact) mass is 512 g/mol. The van der Waals surface area contributed by atoms with Crippen molar-refractivity contribution in [2.75, 3.05) is 42.4 Å². The predicted octanol–water partition coefficient (Wildman–Crippen LogP) is 2.92. The molecule has 8 heteroatoms. The van der Waals surface area contributed by atoms with E-state index < -0.39 is 0 Å². The molecule has 2 aromatic carbocycles. The van der Waals surface area contributed by atoms with Crippen LogP contribution in [0.4, 0.5) is 11.4 Å². The minimum absolute atomic E-state index is 0.0453. The van der Waals surface area contributed by atoms with Gasteiger partial charge in [-0.2, -0.15) is 5.75 Å². The number of nitrogens with zero attached hydrogens (tertiary/aromatic N) is 1. The molecule has 0 aliphatic rings. The van der Waals surface area contributed by atoms with Crippen molar-refractivity contribution in [3.05, 3.63) is 59.2 Å². The number of hydrogen-bond acceptors (Lipinski definition) is 6. The van der Waals surface area contributed by atoms with Gasteiger partial charge in [-0.15, -0.1) is 0 Å². The van der Waals surface area contributed by atoms with E-state index in [0.29, 0.717) is 12.3 Å². The van der Waals surface area contributed by atoms with E-state index >= 15 is 0 Å². The number of carbonyl (C=O) groups is 1. The molecule has 2 N–H and O–H groups in total. The van der Waals surface area contributed by atoms with Gasteiger partial charge >= 0.3 is 22.4 Å². The SMILES string of the molecule is CN(C)c1ccc(/C=C/c2ccc(NC(=O)C[S-])c(CNCC[S-])c2)cc1.[O]=[Tc+2]. The Morgan fingerprint density at radius 3 is 2.24 bits per heavy atom. The first kappa shape index (κ1) is 25.6. The van der Waals surface area contributed by atoms with Crippen molar-refractivity contribution in [1.82, 2.24) is 5.32 Å². The molecule has 2 rings (SSSR count). The summed E-state index contributed by atoms with van der Waals surface area (Å²) in [5.41, 5.74) is 5.17. The summed E-state index contributed by atoms with van der Waals surface area (Å²) in [6, 6.07) is 14.4. The summed E-state index contributed by atoms with van der Waals surface area (Å²) in [6.07, 6.45) is 4.15. The van der Waals surface area contributed by atoms with Crippen LogP contribution in [0, 0.1) is 0 Å². The van der Waals surface area contributed by atoms with Crippen molar-refractivity contribution in [2.45, 2.75) is 6.54 Å². The van der Waals surface area contributed by atoms with Gasteiger partial charge in [0.1, 0.15) is 0 Å². The Morgan fingerprint density at radius 2 is 1.66 bits per heavy atom. The maximum atomic E-state index is 11.7. The molecule has 1 amide bonds. The maximum absolute atomic E-state index is 11.7. The Kier molecular flexibility index (Phi) is 12.8. The summed E-state index contributed by atoms with van der Waals surface area (Å²) in [4.78, 5) is 13.7. The quantitative estimate of drug-likeness (QED) is 0.306. The molecule has 0 bridgehead atoms. The second kappa shape index (κ2) is 14.5. The van der Waals surface area contributed by atoms with E-state index in [9.17, 15) is 4.79 Å². The van der Waals surface area contributed by atoms with E-state index in [4.69, 9.17) is 28.8 Å². The summed E-state index contributed by atoms with van der Waals surface area (Å²) in [6.45, 7) is 1.39.